The van der Waals surface area contributed by atoms with Gasteiger partial charge in [0, 0.05) is 18.8 Å². The van der Waals surface area contributed by atoms with E-state index >= 15 is 0 Å². The number of carbonyl (C=O) groups excluding carboxylic acids is 2. The molecule has 0 saturated carbocycles. The van der Waals surface area contributed by atoms with E-state index in [1.165, 1.54) is 25.7 Å². The van der Waals surface area contributed by atoms with Crippen LogP contribution in [0.2, 0.25) is 0 Å². The maximum absolute atomic E-state index is 13.5. The molecule has 18 heavy (non-hydrogen) atoms. The number of thioether (sulfide) groups is 1. The second-order valence-corrected chi connectivity index (χ2v) is 4.64. The van der Waals surface area contributed by atoms with Crippen LogP contribution in [-0.4, -0.2) is 54.4 Å². The number of carbonyl (C=O) groups is 2. The van der Waals surface area contributed by atoms with E-state index < -0.39 is 17.8 Å². The third-order valence-electron chi connectivity index (χ3n) is 2.50. The van der Waals surface area contributed by atoms with E-state index in [2.05, 4.69) is 4.74 Å². The van der Waals surface area contributed by atoms with Crippen molar-refractivity contribution in [3.05, 3.63) is 0 Å². The molecule has 0 N–H and O–H groups in total. The van der Waals surface area contributed by atoms with Gasteiger partial charge in [0.15, 0.2) is 0 Å². The number of nitrogens with zero attached hydrogens (tertiary/aromatic N) is 1. The van der Waals surface area contributed by atoms with Gasteiger partial charge in [-0.3, -0.25) is 4.79 Å². The van der Waals surface area contributed by atoms with Gasteiger partial charge in [0.1, 0.15) is 0 Å². The lowest BCUT2D eigenvalue weighted by atomic mass is 10.2. The second-order valence-electron chi connectivity index (χ2n) is 3.73. The van der Waals surface area contributed by atoms with Crippen LogP contribution in [0.1, 0.15) is 20.3 Å². The van der Waals surface area contributed by atoms with Crippen molar-refractivity contribution in [2.75, 3.05) is 25.7 Å². The SMILES string of the molecule is CCOC(=O)C(F)(F)C(=O)N(C)C(CC)CSC. The molecule has 0 rings (SSSR count). The van der Waals surface area contributed by atoms with Gasteiger partial charge in [0.25, 0.3) is 0 Å². The molecule has 0 saturated heterocycles. The second kappa shape index (κ2) is 7.56. The van der Waals surface area contributed by atoms with Crippen LogP contribution in [0.4, 0.5) is 8.78 Å². The number of alkyl halides is 2. The fourth-order valence-corrected chi connectivity index (χ4v) is 2.24. The van der Waals surface area contributed by atoms with E-state index in [-0.39, 0.29) is 12.6 Å². The lowest BCUT2D eigenvalue weighted by Crippen LogP contribution is -2.51. The Bertz CT molecular complexity index is 300. The monoisotopic (exact) mass is 283 g/mol. The van der Waals surface area contributed by atoms with Crippen LogP contribution < -0.4 is 0 Å². The maximum atomic E-state index is 13.5. The lowest BCUT2D eigenvalue weighted by Gasteiger charge is -2.29. The van der Waals surface area contributed by atoms with Gasteiger partial charge in [0.2, 0.25) is 0 Å². The Balaban J connectivity index is 4.84. The summed E-state index contributed by atoms with van der Waals surface area (Å²) >= 11 is 1.45. The molecule has 0 heterocycles. The standard InChI is InChI=1S/C11H19F2NO3S/c1-5-8(7-18-4)14(3)9(15)11(12,13)10(16)17-6-2/h8H,5-7H2,1-4H3. The van der Waals surface area contributed by atoms with Crippen molar-refractivity contribution in [1.29, 1.82) is 0 Å². The first-order valence-corrected chi connectivity index (χ1v) is 7.03. The van der Waals surface area contributed by atoms with E-state index in [1.54, 1.807) is 6.92 Å². The van der Waals surface area contributed by atoms with Crippen LogP contribution in [0.15, 0.2) is 0 Å². The molecule has 0 aromatic rings. The fraction of sp³-hybridized carbons (Fsp3) is 0.818. The first-order valence-electron chi connectivity index (χ1n) is 5.64. The summed E-state index contributed by atoms with van der Waals surface area (Å²) in [5.41, 5.74) is 0. The first-order chi connectivity index (χ1) is 8.32. The van der Waals surface area contributed by atoms with Crippen molar-refractivity contribution >= 4 is 23.6 Å². The molecule has 0 radical (unpaired) electrons. The van der Waals surface area contributed by atoms with Gasteiger partial charge in [-0.15, -0.1) is 0 Å². The zero-order valence-corrected chi connectivity index (χ0v) is 11.9. The highest BCUT2D eigenvalue weighted by Gasteiger charge is 2.51. The minimum absolute atomic E-state index is 0.187. The molecule has 0 aliphatic heterocycles. The zero-order chi connectivity index (χ0) is 14.3. The van der Waals surface area contributed by atoms with E-state index in [1.807, 2.05) is 6.26 Å². The van der Waals surface area contributed by atoms with Gasteiger partial charge in [-0.25, -0.2) is 4.79 Å². The number of hydrogen-bond acceptors (Lipinski definition) is 4. The molecule has 0 fully saturated rings. The van der Waals surface area contributed by atoms with Crippen molar-refractivity contribution in [3.63, 3.8) is 0 Å². The summed E-state index contributed by atoms with van der Waals surface area (Å²) in [4.78, 5) is 23.6. The van der Waals surface area contributed by atoms with Crippen LogP contribution in [-0.2, 0) is 14.3 Å². The molecule has 1 unspecified atom stereocenters. The summed E-state index contributed by atoms with van der Waals surface area (Å²) in [5.74, 6) is -6.88. The molecule has 0 aliphatic carbocycles. The number of halogens is 2. The smallest absolute Gasteiger partial charge is 0.419 e. The van der Waals surface area contributed by atoms with Crippen LogP contribution in [0.25, 0.3) is 0 Å². The predicted octanol–water partition coefficient (Wildman–Crippen LogP) is 1.78. The van der Waals surface area contributed by atoms with E-state index in [0.717, 1.165) is 4.90 Å². The van der Waals surface area contributed by atoms with Crippen LogP contribution in [0, 0.1) is 0 Å². The fourth-order valence-electron chi connectivity index (χ4n) is 1.39. The minimum atomic E-state index is -4.11. The quantitative estimate of drug-likeness (QED) is 0.528. The van der Waals surface area contributed by atoms with Gasteiger partial charge in [-0.2, -0.15) is 20.5 Å². The molecule has 0 bridgehead atoms. The molecule has 0 aliphatic rings. The molecule has 1 amide bonds. The Morgan fingerprint density at radius 2 is 1.94 bits per heavy atom. The summed E-state index contributed by atoms with van der Waals surface area (Å²) in [7, 11) is 1.28. The molecule has 0 aromatic carbocycles. The van der Waals surface area contributed by atoms with Crippen LogP contribution in [0.5, 0.6) is 0 Å². The predicted molar refractivity (Wildman–Crippen MR) is 66.8 cm³/mol. The number of amides is 1. The van der Waals surface area contributed by atoms with E-state index in [4.69, 9.17) is 0 Å². The lowest BCUT2D eigenvalue weighted by molar-refractivity contribution is -0.182. The molecule has 106 valence electrons. The summed E-state index contributed by atoms with van der Waals surface area (Å²) in [6.45, 7) is 3.02. The summed E-state index contributed by atoms with van der Waals surface area (Å²) in [6, 6.07) is -0.326. The molecule has 0 aromatic heterocycles. The Morgan fingerprint density at radius 3 is 2.33 bits per heavy atom. The Morgan fingerprint density at radius 1 is 1.39 bits per heavy atom. The maximum Gasteiger partial charge on any atom is 0.419 e. The van der Waals surface area contributed by atoms with Gasteiger partial charge in [-0.1, -0.05) is 6.92 Å². The van der Waals surface area contributed by atoms with Crippen LogP contribution >= 0.6 is 11.8 Å². The van der Waals surface area contributed by atoms with E-state index in [9.17, 15) is 18.4 Å². The Hall–Kier alpha value is -0.850. The number of esters is 1. The average molecular weight is 283 g/mol. The topological polar surface area (TPSA) is 46.6 Å². The number of hydrogen-bond donors (Lipinski definition) is 0. The highest BCUT2D eigenvalue weighted by atomic mass is 32.2. The van der Waals surface area contributed by atoms with Crippen molar-refractivity contribution in [2.45, 2.75) is 32.2 Å². The van der Waals surface area contributed by atoms with Gasteiger partial charge in [0.05, 0.1) is 6.61 Å². The van der Waals surface area contributed by atoms with Crippen molar-refractivity contribution in [2.24, 2.45) is 0 Å². The number of ether oxygens (including phenoxy) is 1. The summed E-state index contributed by atoms with van der Waals surface area (Å²) in [5, 5.41) is 0. The van der Waals surface area contributed by atoms with Gasteiger partial charge >= 0.3 is 17.8 Å². The number of rotatable bonds is 7. The molecule has 4 nitrogen and oxygen atoms in total. The first kappa shape index (κ1) is 17.2. The minimum Gasteiger partial charge on any atom is -0.461 e. The Kier molecular flexibility index (Phi) is 7.20. The van der Waals surface area contributed by atoms with Gasteiger partial charge < -0.3 is 9.64 Å². The average Bonchev–Trinajstić information content (AvgIpc) is 2.34. The molecule has 1 atom stereocenters. The van der Waals surface area contributed by atoms with Crippen molar-refractivity contribution in [3.8, 4) is 0 Å². The van der Waals surface area contributed by atoms with Gasteiger partial charge in [-0.05, 0) is 19.6 Å². The highest BCUT2D eigenvalue weighted by Crippen LogP contribution is 2.21. The van der Waals surface area contributed by atoms with Crippen molar-refractivity contribution < 1.29 is 23.1 Å². The summed E-state index contributed by atoms with van der Waals surface area (Å²) in [6.07, 6.45) is 2.37. The largest absolute Gasteiger partial charge is 0.461 e. The molecule has 0 spiro atoms. The van der Waals surface area contributed by atoms with E-state index in [0.29, 0.717) is 12.2 Å². The molecule has 7 heteroatoms. The third-order valence-corrected chi connectivity index (χ3v) is 3.22. The Labute approximate surface area is 110 Å². The highest BCUT2D eigenvalue weighted by molar-refractivity contribution is 7.98. The van der Waals surface area contributed by atoms with Crippen LogP contribution in [0.3, 0.4) is 0 Å². The third kappa shape index (κ3) is 4.12. The normalized spacial score (nSPS) is 13.0. The zero-order valence-electron chi connectivity index (χ0n) is 11.0. The van der Waals surface area contributed by atoms with Crippen molar-refractivity contribution in [1.82, 2.24) is 4.90 Å². The molecular formula is C11H19F2NO3S. The summed E-state index contributed by atoms with van der Waals surface area (Å²) < 4.78 is 31.2. The molecular weight excluding hydrogens is 264 g/mol.